The first kappa shape index (κ1) is 7.59. The molecule has 1 aliphatic rings. The second-order valence-corrected chi connectivity index (χ2v) is 3.55. The summed E-state index contributed by atoms with van der Waals surface area (Å²) in [6.45, 7) is 2.23. The van der Waals surface area contributed by atoms with E-state index in [1.54, 1.807) is 0 Å². The third-order valence-corrected chi connectivity index (χ3v) is 2.65. The fourth-order valence-electron chi connectivity index (χ4n) is 2.02. The first-order chi connectivity index (χ1) is 5.79. The molecule has 2 nitrogen and oxygen atoms in total. The number of nitrogens with two attached hydrogens (primary N) is 1. The fraction of sp³-hybridized carbons (Fsp3) is 0.500. The maximum atomic E-state index is 5.89. The lowest BCUT2D eigenvalue weighted by atomic mass is 9.86. The van der Waals surface area contributed by atoms with Crippen LogP contribution in [0.3, 0.4) is 0 Å². The standard InChI is InChI=1S/C10H14N2/c1-7-3-2-4-9-10(7)8(11)5-6-12-9/h5-7H,2-4H2,1H3,(H2,11,12). The lowest BCUT2D eigenvalue weighted by molar-refractivity contribution is 0.581. The molecule has 0 bridgehead atoms. The predicted octanol–water partition coefficient (Wildman–Crippen LogP) is 2.10. The van der Waals surface area contributed by atoms with Crippen molar-refractivity contribution in [1.82, 2.24) is 4.98 Å². The topological polar surface area (TPSA) is 38.9 Å². The van der Waals surface area contributed by atoms with Crippen molar-refractivity contribution in [3.05, 3.63) is 23.5 Å². The number of aromatic nitrogens is 1. The molecule has 1 aliphatic carbocycles. The number of nitrogens with zero attached hydrogens (tertiary/aromatic N) is 1. The first-order valence-electron chi connectivity index (χ1n) is 4.52. The van der Waals surface area contributed by atoms with Gasteiger partial charge in [0.25, 0.3) is 0 Å². The molecule has 64 valence electrons. The van der Waals surface area contributed by atoms with Crippen LogP contribution in [0.15, 0.2) is 12.3 Å². The summed E-state index contributed by atoms with van der Waals surface area (Å²) in [5.74, 6) is 0.599. The van der Waals surface area contributed by atoms with Crippen molar-refractivity contribution in [2.24, 2.45) is 0 Å². The van der Waals surface area contributed by atoms with Gasteiger partial charge < -0.3 is 5.73 Å². The number of fused-ring (bicyclic) bond motifs is 1. The van der Waals surface area contributed by atoms with E-state index in [-0.39, 0.29) is 0 Å². The van der Waals surface area contributed by atoms with Gasteiger partial charge in [-0.2, -0.15) is 0 Å². The molecule has 0 aliphatic heterocycles. The largest absolute Gasteiger partial charge is 0.398 e. The first-order valence-corrected chi connectivity index (χ1v) is 4.52. The van der Waals surface area contributed by atoms with Gasteiger partial charge in [0.1, 0.15) is 0 Å². The minimum absolute atomic E-state index is 0.599. The number of nitrogen functional groups attached to an aromatic ring is 1. The minimum Gasteiger partial charge on any atom is -0.398 e. The quantitative estimate of drug-likeness (QED) is 0.634. The van der Waals surface area contributed by atoms with Gasteiger partial charge in [-0.05, 0) is 36.8 Å². The molecule has 1 aromatic heterocycles. The van der Waals surface area contributed by atoms with Crippen LogP contribution in [0.1, 0.15) is 36.9 Å². The Labute approximate surface area is 72.8 Å². The van der Waals surface area contributed by atoms with E-state index in [9.17, 15) is 0 Å². The van der Waals surface area contributed by atoms with Crippen LogP contribution in [-0.2, 0) is 6.42 Å². The van der Waals surface area contributed by atoms with Gasteiger partial charge in [0.15, 0.2) is 0 Å². The maximum absolute atomic E-state index is 5.89. The lowest BCUT2D eigenvalue weighted by Crippen LogP contribution is -2.11. The zero-order chi connectivity index (χ0) is 8.55. The molecule has 0 fully saturated rings. The normalized spacial score (nSPS) is 21.9. The highest BCUT2D eigenvalue weighted by atomic mass is 14.7. The van der Waals surface area contributed by atoms with E-state index in [0.29, 0.717) is 5.92 Å². The van der Waals surface area contributed by atoms with E-state index in [4.69, 9.17) is 5.73 Å². The van der Waals surface area contributed by atoms with Crippen molar-refractivity contribution < 1.29 is 0 Å². The molecule has 1 aromatic rings. The Hall–Kier alpha value is -1.05. The summed E-state index contributed by atoms with van der Waals surface area (Å²) in [6.07, 6.45) is 5.42. The van der Waals surface area contributed by atoms with Crippen LogP contribution >= 0.6 is 0 Å². The Morgan fingerprint density at radius 1 is 1.58 bits per heavy atom. The fourth-order valence-corrected chi connectivity index (χ4v) is 2.02. The minimum atomic E-state index is 0.599. The zero-order valence-corrected chi connectivity index (χ0v) is 7.38. The van der Waals surface area contributed by atoms with E-state index >= 15 is 0 Å². The van der Waals surface area contributed by atoms with Crippen molar-refractivity contribution in [3.63, 3.8) is 0 Å². The van der Waals surface area contributed by atoms with Crippen LogP contribution in [0.25, 0.3) is 0 Å². The van der Waals surface area contributed by atoms with Crippen LogP contribution in [0.4, 0.5) is 5.69 Å². The Kier molecular flexibility index (Phi) is 1.75. The van der Waals surface area contributed by atoms with E-state index < -0.39 is 0 Å². The average Bonchev–Trinajstić information content (AvgIpc) is 2.04. The molecule has 2 N–H and O–H groups in total. The highest BCUT2D eigenvalue weighted by molar-refractivity contribution is 5.50. The molecule has 2 rings (SSSR count). The summed E-state index contributed by atoms with van der Waals surface area (Å²) in [5, 5.41) is 0. The number of anilines is 1. The third-order valence-electron chi connectivity index (χ3n) is 2.65. The molecule has 0 saturated heterocycles. The maximum Gasteiger partial charge on any atom is 0.0458 e. The summed E-state index contributed by atoms with van der Waals surface area (Å²) in [4.78, 5) is 4.35. The molecule has 0 saturated carbocycles. The number of pyridine rings is 1. The van der Waals surface area contributed by atoms with E-state index in [2.05, 4.69) is 11.9 Å². The molecule has 12 heavy (non-hydrogen) atoms. The monoisotopic (exact) mass is 162 g/mol. The van der Waals surface area contributed by atoms with Crippen LogP contribution in [0, 0.1) is 0 Å². The number of hydrogen-bond acceptors (Lipinski definition) is 2. The van der Waals surface area contributed by atoms with Crippen molar-refractivity contribution in [2.75, 3.05) is 5.73 Å². The Morgan fingerprint density at radius 3 is 3.17 bits per heavy atom. The van der Waals surface area contributed by atoms with Crippen molar-refractivity contribution >= 4 is 5.69 Å². The van der Waals surface area contributed by atoms with Crippen LogP contribution in [0.2, 0.25) is 0 Å². The molecule has 1 atom stereocenters. The van der Waals surface area contributed by atoms with Gasteiger partial charge in [0.05, 0.1) is 0 Å². The molecular weight excluding hydrogens is 148 g/mol. The molecule has 0 radical (unpaired) electrons. The highest BCUT2D eigenvalue weighted by Crippen LogP contribution is 2.33. The SMILES string of the molecule is CC1CCCc2nccc(N)c21. The highest BCUT2D eigenvalue weighted by Gasteiger charge is 2.19. The van der Waals surface area contributed by atoms with Gasteiger partial charge in [-0.15, -0.1) is 0 Å². The number of aryl methyl sites for hydroxylation is 1. The van der Waals surface area contributed by atoms with Gasteiger partial charge in [-0.1, -0.05) is 6.92 Å². The van der Waals surface area contributed by atoms with Crippen LogP contribution < -0.4 is 5.73 Å². The number of rotatable bonds is 0. The molecule has 0 aromatic carbocycles. The van der Waals surface area contributed by atoms with Gasteiger partial charge in [-0.3, -0.25) is 4.98 Å². The number of hydrogen-bond donors (Lipinski definition) is 1. The van der Waals surface area contributed by atoms with Gasteiger partial charge >= 0.3 is 0 Å². The second kappa shape index (κ2) is 2.77. The predicted molar refractivity (Wildman–Crippen MR) is 50.0 cm³/mol. The van der Waals surface area contributed by atoms with E-state index in [0.717, 1.165) is 12.1 Å². The van der Waals surface area contributed by atoms with Crippen molar-refractivity contribution in [3.8, 4) is 0 Å². The van der Waals surface area contributed by atoms with E-state index in [1.807, 2.05) is 12.3 Å². The molecule has 0 amide bonds. The summed E-state index contributed by atoms with van der Waals surface area (Å²) in [5.41, 5.74) is 9.33. The summed E-state index contributed by atoms with van der Waals surface area (Å²) in [6, 6.07) is 1.90. The lowest BCUT2D eigenvalue weighted by Gasteiger charge is -2.22. The zero-order valence-electron chi connectivity index (χ0n) is 7.38. The van der Waals surface area contributed by atoms with Gasteiger partial charge in [-0.25, -0.2) is 0 Å². The summed E-state index contributed by atoms with van der Waals surface area (Å²) >= 11 is 0. The molecule has 1 heterocycles. The average molecular weight is 162 g/mol. The van der Waals surface area contributed by atoms with Crippen LogP contribution in [0.5, 0.6) is 0 Å². The Morgan fingerprint density at radius 2 is 2.42 bits per heavy atom. The van der Waals surface area contributed by atoms with E-state index in [1.165, 1.54) is 24.1 Å². The van der Waals surface area contributed by atoms with Gasteiger partial charge in [0.2, 0.25) is 0 Å². The molecule has 1 unspecified atom stereocenters. The molecule has 2 heteroatoms. The smallest absolute Gasteiger partial charge is 0.0458 e. The molecular formula is C10H14N2. The van der Waals surface area contributed by atoms with Gasteiger partial charge in [0, 0.05) is 17.6 Å². The Balaban J connectivity index is 2.53. The summed E-state index contributed by atoms with van der Waals surface area (Å²) < 4.78 is 0. The Bertz CT molecular complexity index is 294. The van der Waals surface area contributed by atoms with Crippen LogP contribution in [-0.4, -0.2) is 4.98 Å². The van der Waals surface area contributed by atoms with Crippen molar-refractivity contribution in [2.45, 2.75) is 32.1 Å². The second-order valence-electron chi connectivity index (χ2n) is 3.55. The molecule has 0 spiro atoms. The third kappa shape index (κ3) is 1.07. The van der Waals surface area contributed by atoms with Crippen molar-refractivity contribution in [1.29, 1.82) is 0 Å². The summed E-state index contributed by atoms with van der Waals surface area (Å²) in [7, 11) is 0.